The minimum absolute atomic E-state index is 0.210. The van der Waals surface area contributed by atoms with E-state index < -0.39 is 41.7 Å². The van der Waals surface area contributed by atoms with Crippen molar-refractivity contribution in [3.63, 3.8) is 0 Å². The molecule has 100 valence electrons. The number of rotatable bonds is 3. The van der Waals surface area contributed by atoms with Crippen molar-refractivity contribution >= 4 is 5.91 Å². The molecule has 0 bridgehead atoms. The standard InChI is InChI=1S/C9H5F6NO2/c10-4-1-5(11)7(6(12)2-4)8(17)16-18-3-9(13,14)15/h1-2H,3H2,(H,16,17). The lowest BCUT2D eigenvalue weighted by atomic mass is 10.2. The summed E-state index contributed by atoms with van der Waals surface area (Å²) >= 11 is 0. The van der Waals surface area contributed by atoms with Crippen LogP contribution in [0.3, 0.4) is 0 Å². The van der Waals surface area contributed by atoms with Gasteiger partial charge in [0.1, 0.15) is 23.0 Å². The number of carbonyl (C=O) groups is 1. The monoisotopic (exact) mass is 273 g/mol. The zero-order chi connectivity index (χ0) is 13.9. The number of hydrogen-bond acceptors (Lipinski definition) is 2. The van der Waals surface area contributed by atoms with Gasteiger partial charge in [0.15, 0.2) is 6.61 Å². The molecule has 0 aromatic heterocycles. The highest BCUT2D eigenvalue weighted by atomic mass is 19.4. The van der Waals surface area contributed by atoms with Crippen LogP contribution in [0.15, 0.2) is 12.1 Å². The van der Waals surface area contributed by atoms with E-state index in [1.165, 1.54) is 5.48 Å². The van der Waals surface area contributed by atoms with E-state index in [1.54, 1.807) is 0 Å². The van der Waals surface area contributed by atoms with Gasteiger partial charge in [-0.15, -0.1) is 0 Å². The maximum atomic E-state index is 13.0. The molecule has 1 aromatic carbocycles. The second kappa shape index (κ2) is 5.25. The molecule has 0 atom stereocenters. The topological polar surface area (TPSA) is 38.3 Å². The lowest BCUT2D eigenvalue weighted by Crippen LogP contribution is -2.30. The molecule has 0 fully saturated rings. The number of amides is 1. The summed E-state index contributed by atoms with van der Waals surface area (Å²) < 4.78 is 73.4. The molecule has 0 spiro atoms. The van der Waals surface area contributed by atoms with Crippen LogP contribution in [0.2, 0.25) is 0 Å². The SMILES string of the molecule is O=C(NOCC(F)(F)F)c1c(F)cc(F)cc1F. The molecule has 0 saturated heterocycles. The maximum absolute atomic E-state index is 13.0. The molecular weight excluding hydrogens is 268 g/mol. The Hall–Kier alpha value is -1.77. The minimum Gasteiger partial charge on any atom is -0.267 e. The molecule has 1 amide bonds. The fourth-order valence-corrected chi connectivity index (χ4v) is 0.994. The zero-order valence-corrected chi connectivity index (χ0v) is 8.45. The van der Waals surface area contributed by atoms with Gasteiger partial charge in [-0.2, -0.15) is 13.2 Å². The van der Waals surface area contributed by atoms with E-state index in [0.29, 0.717) is 0 Å². The Morgan fingerprint density at radius 2 is 1.67 bits per heavy atom. The van der Waals surface area contributed by atoms with E-state index >= 15 is 0 Å². The molecule has 0 unspecified atom stereocenters. The first kappa shape index (κ1) is 14.3. The Morgan fingerprint density at radius 1 is 1.17 bits per heavy atom. The summed E-state index contributed by atoms with van der Waals surface area (Å²) in [7, 11) is 0. The third kappa shape index (κ3) is 3.91. The maximum Gasteiger partial charge on any atom is 0.414 e. The van der Waals surface area contributed by atoms with Crippen molar-refractivity contribution in [2.45, 2.75) is 6.18 Å². The van der Waals surface area contributed by atoms with E-state index in [4.69, 9.17) is 0 Å². The highest BCUT2D eigenvalue weighted by Crippen LogP contribution is 2.16. The fourth-order valence-electron chi connectivity index (χ4n) is 0.994. The van der Waals surface area contributed by atoms with Gasteiger partial charge >= 0.3 is 6.18 Å². The van der Waals surface area contributed by atoms with Crippen molar-refractivity contribution in [1.82, 2.24) is 5.48 Å². The Balaban J connectivity index is 2.74. The van der Waals surface area contributed by atoms with Crippen molar-refractivity contribution in [1.29, 1.82) is 0 Å². The lowest BCUT2D eigenvalue weighted by Gasteiger charge is -2.09. The molecular formula is C9H5F6NO2. The van der Waals surface area contributed by atoms with Crippen LogP contribution in [-0.4, -0.2) is 18.7 Å². The Labute approximate surface area is 96.3 Å². The fraction of sp³-hybridized carbons (Fsp3) is 0.222. The predicted octanol–water partition coefficient (Wildman–Crippen LogP) is 2.33. The van der Waals surface area contributed by atoms with Crippen LogP contribution in [0.1, 0.15) is 10.4 Å². The number of halogens is 6. The first-order chi connectivity index (χ1) is 8.20. The molecule has 9 heteroatoms. The average Bonchev–Trinajstić information content (AvgIpc) is 2.13. The summed E-state index contributed by atoms with van der Waals surface area (Å²) in [5.74, 6) is -5.96. The molecule has 1 rings (SSSR count). The van der Waals surface area contributed by atoms with E-state index in [9.17, 15) is 31.1 Å². The molecule has 0 radical (unpaired) electrons. The molecule has 18 heavy (non-hydrogen) atoms. The molecule has 0 aliphatic heterocycles. The van der Waals surface area contributed by atoms with Crippen LogP contribution in [0.25, 0.3) is 0 Å². The minimum atomic E-state index is -4.72. The van der Waals surface area contributed by atoms with Gasteiger partial charge in [-0.3, -0.25) is 9.63 Å². The first-order valence-corrected chi connectivity index (χ1v) is 4.34. The third-order valence-corrected chi connectivity index (χ3v) is 1.63. The van der Waals surface area contributed by atoms with E-state index in [1.807, 2.05) is 0 Å². The Kier molecular flexibility index (Phi) is 4.17. The van der Waals surface area contributed by atoms with Crippen LogP contribution in [0.5, 0.6) is 0 Å². The Morgan fingerprint density at radius 3 is 2.11 bits per heavy atom. The summed E-state index contributed by atoms with van der Waals surface area (Å²) in [6.07, 6.45) is -4.72. The molecule has 0 aliphatic carbocycles. The summed E-state index contributed by atoms with van der Waals surface area (Å²) in [6, 6.07) is 0.420. The van der Waals surface area contributed by atoms with E-state index in [2.05, 4.69) is 4.84 Å². The van der Waals surface area contributed by atoms with Gasteiger partial charge in [0.25, 0.3) is 5.91 Å². The number of hydrogen-bond donors (Lipinski definition) is 1. The second-order valence-corrected chi connectivity index (χ2v) is 3.08. The highest BCUT2D eigenvalue weighted by molar-refractivity contribution is 5.94. The van der Waals surface area contributed by atoms with Crippen molar-refractivity contribution in [2.75, 3.05) is 6.61 Å². The van der Waals surface area contributed by atoms with Crippen LogP contribution in [-0.2, 0) is 4.84 Å². The number of carbonyl (C=O) groups excluding carboxylic acids is 1. The smallest absolute Gasteiger partial charge is 0.267 e. The van der Waals surface area contributed by atoms with Crippen molar-refractivity contribution < 1.29 is 36.0 Å². The molecule has 0 aliphatic rings. The highest BCUT2D eigenvalue weighted by Gasteiger charge is 2.29. The lowest BCUT2D eigenvalue weighted by molar-refractivity contribution is -0.184. The van der Waals surface area contributed by atoms with Gasteiger partial charge in [-0.1, -0.05) is 0 Å². The van der Waals surface area contributed by atoms with Crippen molar-refractivity contribution in [3.05, 3.63) is 35.1 Å². The van der Waals surface area contributed by atoms with Crippen molar-refractivity contribution in [3.8, 4) is 0 Å². The second-order valence-electron chi connectivity index (χ2n) is 3.08. The zero-order valence-electron chi connectivity index (χ0n) is 8.45. The number of alkyl halides is 3. The van der Waals surface area contributed by atoms with Gasteiger partial charge in [-0.25, -0.2) is 18.7 Å². The number of hydroxylamine groups is 1. The van der Waals surface area contributed by atoms with Gasteiger partial charge in [-0.05, 0) is 0 Å². The summed E-state index contributed by atoms with van der Waals surface area (Å²) in [5, 5.41) is 0. The molecule has 1 N–H and O–H groups in total. The number of nitrogens with one attached hydrogen (secondary N) is 1. The van der Waals surface area contributed by atoms with Crippen LogP contribution >= 0.6 is 0 Å². The van der Waals surface area contributed by atoms with E-state index in [0.717, 1.165) is 0 Å². The van der Waals surface area contributed by atoms with Crippen LogP contribution in [0, 0.1) is 17.5 Å². The molecule has 0 heterocycles. The molecule has 3 nitrogen and oxygen atoms in total. The van der Waals surface area contributed by atoms with Crippen molar-refractivity contribution in [2.24, 2.45) is 0 Å². The Bertz CT molecular complexity index is 436. The predicted molar refractivity (Wildman–Crippen MR) is 45.8 cm³/mol. The van der Waals surface area contributed by atoms with E-state index in [-0.39, 0.29) is 12.1 Å². The van der Waals surface area contributed by atoms with Crippen LogP contribution < -0.4 is 5.48 Å². The van der Waals surface area contributed by atoms with Gasteiger partial charge < -0.3 is 0 Å². The summed E-state index contributed by atoms with van der Waals surface area (Å²) in [5.41, 5.74) is -0.0422. The van der Waals surface area contributed by atoms with Crippen LogP contribution in [0.4, 0.5) is 26.3 Å². The first-order valence-electron chi connectivity index (χ1n) is 4.34. The van der Waals surface area contributed by atoms with Gasteiger partial charge in [0, 0.05) is 12.1 Å². The largest absolute Gasteiger partial charge is 0.414 e. The normalized spacial score (nSPS) is 11.4. The average molecular weight is 273 g/mol. The number of benzene rings is 1. The summed E-state index contributed by atoms with van der Waals surface area (Å²) in [4.78, 5) is 14.8. The third-order valence-electron chi connectivity index (χ3n) is 1.63. The molecule has 0 saturated carbocycles. The summed E-state index contributed by atoms with van der Waals surface area (Å²) in [6.45, 7) is -1.83. The quantitative estimate of drug-likeness (QED) is 0.678. The van der Waals surface area contributed by atoms with Gasteiger partial charge in [0.2, 0.25) is 0 Å². The molecule has 1 aromatic rings. The van der Waals surface area contributed by atoms with Gasteiger partial charge in [0.05, 0.1) is 0 Å².